The number of aliphatic carboxylic acids is 1. The van der Waals surface area contributed by atoms with Gasteiger partial charge in [0.15, 0.2) is 0 Å². The molecule has 0 amide bonds. The van der Waals surface area contributed by atoms with Gasteiger partial charge in [0.2, 0.25) is 5.88 Å². The number of carboxylic acid groups (broad SMARTS) is 1. The molecule has 0 bridgehead atoms. The van der Waals surface area contributed by atoms with E-state index in [1.807, 2.05) is 58.0 Å². The highest BCUT2D eigenvalue weighted by Gasteiger charge is 2.29. The Labute approximate surface area is 241 Å². The van der Waals surface area contributed by atoms with E-state index in [1.165, 1.54) is 5.56 Å². The number of pyridine rings is 1. The summed E-state index contributed by atoms with van der Waals surface area (Å²) in [5.41, 5.74) is 3.57. The summed E-state index contributed by atoms with van der Waals surface area (Å²) in [6.45, 7) is 8.65. The van der Waals surface area contributed by atoms with E-state index in [9.17, 15) is 20.4 Å². The zero-order chi connectivity index (χ0) is 29.8. The van der Waals surface area contributed by atoms with Gasteiger partial charge in [-0.1, -0.05) is 24.3 Å². The summed E-state index contributed by atoms with van der Waals surface area (Å²) >= 11 is 0. The highest BCUT2D eigenvalue weighted by molar-refractivity contribution is 5.68. The molecule has 1 unspecified atom stereocenters. The molecule has 9 nitrogen and oxygen atoms in total. The van der Waals surface area contributed by atoms with Crippen molar-refractivity contribution in [1.82, 2.24) is 14.8 Å². The van der Waals surface area contributed by atoms with Crippen molar-refractivity contribution >= 4 is 11.8 Å². The smallest absolute Gasteiger partial charge is 0.303 e. The monoisotopic (exact) mass is 554 g/mol. The van der Waals surface area contributed by atoms with Gasteiger partial charge < -0.3 is 15.2 Å². The number of carbonyl (C=O) groups is 1. The van der Waals surface area contributed by atoms with Gasteiger partial charge in [0, 0.05) is 31.8 Å². The van der Waals surface area contributed by atoms with Crippen LogP contribution in [-0.4, -0.2) is 39.0 Å². The molecule has 2 aromatic heterocycles. The first-order chi connectivity index (χ1) is 19.4. The number of hydrogen-bond donors (Lipinski definition) is 2. The minimum Gasteiger partial charge on any atom is -0.481 e. The molecule has 9 heteroatoms. The number of hydrogen-bond acceptors (Lipinski definition) is 7. The molecular formula is C32H38N6O3. The molecule has 1 atom stereocenters. The van der Waals surface area contributed by atoms with Crippen molar-refractivity contribution in [3.63, 3.8) is 0 Å². The Balaban J connectivity index is 1.54. The molecule has 0 saturated carbocycles. The molecule has 0 radical (unpaired) electrons. The fourth-order valence-corrected chi connectivity index (χ4v) is 5.02. The zero-order valence-corrected chi connectivity index (χ0v) is 24.5. The molecule has 2 N–H and O–H groups in total. The number of nitrogens with one attached hydrogen (secondary N) is 1. The van der Waals surface area contributed by atoms with Gasteiger partial charge in [-0.2, -0.15) is 15.6 Å². The Morgan fingerprint density at radius 2 is 1.78 bits per heavy atom. The number of aromatic nitrogens is 3. The van der Waals surface area contributed by atoms with Crippen molar-refractivity contribution in [1.29, 1.82) is 10.5 Å². The molecule has 3 heterocycles. The Kier molecular flexibility index (Phi) is 8.68. The molecule has 0 fully saturated rings. The summed E-state index contributed by atoms with van der Waals surface area (Å²) in [7, 11) is 1.80. The predicted molar refractivity (Wildman–Crippen MR) is 156 cm³/mol. The van der Waals surface area contributed by atoms with Crippen molar-refractivity contribution in [3.8, 4) is 18.0 Å². The van der Waals surface area contributed by atoms with Crippen LogP contribution in [0.15, 0.2) is 36.4 Å². The lowest BCUT2D eigenvalue weighted by Gasteiger charge is -2.25. The van der Waals surface area contributed by atoms with Gasteiger partial charge >= 0.3 is 5.97 Å². The Bertz CT molecular complexity index is 1460. The van der Waals surface area contributed by atoms with Crippen molar-refractivity contribution in [2.75, 3.05) is 18.5 Å². The maximum atomic E-state index is 11.9. The molecular weight excluding hydrogens is 516 g/mol. The third-order valence-electron chi connectivity index (χ3n) is 7.75. The lowest BCUT2D eigenvalue weighted by Crippen LogP contribution is -2.21. The summed E-state index contributed by atoms with van der Waals surface area (Å²) in [5.74, 6) is 0.214. The van der Waals surface area contributed by atoms with Crippen LogP contribution in [0.2, 0.25) is 0 Å². The number of nitriles is 2. The summed E-state index contributed by atoms with van der Waals surface area (Å²) in [6, 6.07) is 16.4. The second kappa shape index (κ2) is 12.0. The van der Waals surface area contributed by atoms with E-state index >= 15 is 0 Å². The van der Waals surface area contributed by atoms with Gasteiger partial charge in [0.25, 0.3) is 0 Å². The zero-order valence-electron chi connectivity index (χ0n) is 24.5. The lowest BCUT2D eigenvalue weighted by molar-refractivity contribution is -0.137. The van der Waals surface area contributed by atoms with Gasteiger partial charge in [-0.25, -0.2) is 9.67 Å². The van der Waals surface area contributed by atoms with E-state index < -0.39 is 22.7 Å². The van der Waals surface area contributed by atoms with Gasteiger partial charge in [0.1, 0.15) is 5.82 Å². The predicted octanol–water partition coefficient (Wildman–Crippen LogP) is 5.20. The molecule has 3 aromatic rings. The second-order valence-corrected chi connectivity index (χ2v) is 11.9. The number of benzene rings is 1. The number of ether oxygens (including phenoxy) is 1. The number of carboxylic acids is 1. The quantitative estimate of drug-likeness (QED) is 0.330. The van der Waals surface area contributed by atoms with Gasteiger partial charge in [-0.15, -0.1) is 0 Å². The van der Waals surface area contributed by atoms with Gasteiger partial charge in [-0.05, 0) is 81.2 Å². The summed E-state index contributed by atoms with van der Waals surface area (Å²) in [6.07, 6.45) is 3.06. The van der Waals surface area contributed by atoms with Crippen LogP contribution >= 0.6 is 0 Å². The fraction of sp³-hybridized carbons (Fsp3) is 0.469. The number of anilines is 1. The van der Waals surface area contributed by atoms with Crippen LogP contribution in [0, 0.1) is 22.7 Å². The van der Waals surface area contributed by atoms with Crippen LogP contribution in [-0.2, 0) is 41.9 Å². The lowest BCUT2D eigenvalue weighted by atomic mass is 9.77. The Morgan fingerprint density at radius 3 is 2.41 bits per heavy atom. The van der Waals surface area contributed by atoms with Crippen molar-refractivity contribution in [2.45, 2.75) is 76.5 Å². The minimum atomic E-state index is -0.930. The highest BCUT2D eigenvalue weighted by Crippen LogP contribution is 2.35. The molecule has 1 aliphatic rings. The van der Waals surface area contributed by atoms with Crippen LogP contribution in [0.5, 0.6) is 5.88 Å². The SMILES string of the molecule is Cn1nc(CC(CC(=O)O)c2cc(C(C)(C)C#N)cc(C(C)(C)C#N)c2)cc1OCCc1ccc2c(n1)NCCC2. The van der Waals surface area contributed by atoms with Crippen LogP contribution in [0.4, 0.5) is 5.82 Å². The van der Waals surface area contributed by atoms with E-state index in [-0.39, 0.29) is 6.42 Å². The van der Waals surface area contributed by atoms with Gasteiger partial charge in [-0.3, -0.25) is 4.79 Å². The van der Waals surface area contributed by atoms with E-state index in [2.05, 4.69) is 28.6 Å². The first-order valence-electron chi connectivity index (χ1n) is 14.0. The van der Waals surface area contributed by atoms with Crippen LogP contribution in [0.1, 0.15) is 80.1 Å². The molecule has 1 aromatic carbocycles. The van der Waals surface area contributed by atoms with Crippen molar-refractivity contribution in [2.24, 2.45) is 7.05 Å². The van der Waals surface area contributed by atoms with Crippen LogP contribution in [0.3, 0.4) is 0 Å². The highest BCUT2D eigenvalue weighted by atomic mass is 16.5. The average Bonchev–Trinajstić information content (AvgIpc) is 3.30. The van der Waals surface area contributed by atoms with Crippen LogP contribution < -0.4 is 10.1 Å². The van der Waals surface area contributed by atoms with E-state index in [0.29, 0.717) is 31.0 Å². The summed E-state index contributed by atoms with van der Waals surface area (Å²) < 4.78 is 7.70. The maximum Gasteiger partial charge on any atom is 0.303 e. The summed E-state index contributed by atoms with van der Waals surface area (Å²) in [4.78, 5) is 16.6. The Hall–Kier alpha value is -4.37. The minimum absolute atomic E-state index is 0.117. The standard InChI is InChI=1S/C32H38N6O3/c1-31(2,19-33)24-13-22(14-25(17-24)32(3,4)20-34)23(16-29(39)40)15-27-18-28(38(5)37-27)41-12-10-26-9-8-21-7-6-11-35-30(21)36-26/h8-9,13-14,17-18,23H,6-7,10-12,15-16H2,1-5H3,(H,35,36)(H,39,40). The first kappa shape index (κ1) is 29.6. The summed E-state index contributed by atoms with van der Waals surface area (Å²) in [5, 5.41) is 37.3. The normalized spacial score (nSPS) is 13.8. The van der Waals surface area contributed by atoms with E-state index in [1.54, 1.807) is 11.7 Å². The van der Waals surface area contributed by atoms with Crippen molar-refractivity contribution in [3.05, 3.63) is 70.0 Å². The topological polar surface area (TPSA) is 137 Å². The fourth-order valence-electron chi connectivity index (χ4n) is 5.02. The maximum absolute atomic E-state index is 11.9. The molecule has 0 spiro atoms. The number of nitrogens with zero attached hydrogens (tertiary/aromatic N) is 5. The second-order valence-electron chi connectivity index (χ2n) is 11.9. The largest absolute Gasteiger partial charge is 0.481 e. The molecule has 0 aliphatic carbocycles. The number of fused-ring (bicyclic) bond motifs is 1. The molecule has 214 valence electrons. The molecule has 4 rings (SSSR count). The van der Waals surface area contributed by atoms with E-state index in [0.717, 1.165) is 47.6 Å². The average molecular weight is 555 g/mol. The number of rotatable bonds is 11. The molecule has 1 aliphatic heterocycles. The van der Waals surface area contributed by atoms with Crippen LogP contribution in [0.25, 0.3) is 0 Å². The molecule has 0 saturated heterocycles. The first-order valence-corrected chi connectivity index (χ1v) is 14.0. The third-order valence-corrected chi connectivity index (χ3v) is 7.75. The van der Waals surface area contributed by atoms with Crippen molar-refractivity contribution < 1.29 is 14.6 Å². The van der Waals surface area contributed by atoms with Gasteiger partial charge in [0.05, 0.1) is 41.7 Å². The molecule has 41 heavy (non-hydrogen) atoms. The number of aryl methyl sites for hydroxylation is 2. The third kappa shape index (κ3) is 7.05. The Morgan fingerprint density at radius 1 is 1.10 bits per heavy atom. The van der Waals surface area contributed by atoms with E-state index in [4.69, 9.17) is 9.72 Å².